The number of sulfonamides is 1. The minimum atomic E-state index is -3.85. The highest BCUT2D eigenvalue weighted by Crippen LogP contribution is 2.30. The van der Waals surface area contributed by atoms with E-state index in [0.717, 1.165) is 4.90 Å². The Morgan fingerprint density at radius 2 is 1.71 bits per heavy atom. The van der Waals surface area contributed by atoms with Crippen LogP contribution in [0.2, 0.25) is 0 Å². The Hall–Kier alpha value is -2.33. The lowest BCUT2D eigenvalue weighted by molar-refractivity contribution is -0.301. The Morgan fingerprint density at radius 1 is 1.08 bits per heavy atom. The van der Waals surface area contributed by atoms with Crippen molar-refractivity contribution in [3.8, 4) is 11.5 Å². The molecule has 10 heteroatoms. The summed E-state index contributed by atoms with van der Waals surface area (Å²) in [5.41, 5.74) is 0. The maximum Gasteiger partial charge on any atom is 0.269 e. The molecule has 132 valence electrons. The van der Waals surface area contributed by atoms with E-state index in [2.05, 4.69) is 0 Å². The van der Waals surface area contributed by atoms with Crippen LogP contribution in [0.1, 0.15) is 0 Å². The zero-order valence-corrected chi connectivity index (χ0v) is 14.0. The number of hydrogen-bond acceptors (Lipinski definition) is 7. The van der Waals surface area contributed by atoms with E-state index in [1.165, 1.54) is 36.7 Å². The molecule has 1 saturated heterocycles. The molecular formula is C14H17N2O7S-. The first-order valence-electron chi connectivity index (χ1n) is 7.03. The number of carbonyl (C=O) groups is 2. The van der Waals surface area contributed by atoms with Crippen molar-refractivity contribution in [2.75, 3.05) is 40.4 Å². The Labute approximate surface area is 139 Å². The molecular weight excluding hydrogens is 340 g/mol. The van der Waals surface area contributed by atoms with Gasteiger partial charge in [0.1, 0.15) is 22.4 Å². The monoisotopic (exact) mass is 357 g/mol. The predicted octanol–water partition coefficient (Wildman–Crippen LogP) is -1.71. The lowest BCUT2D eigenvalue weighted by atomic mass is 10.3. The Bertz CT molecular complexity index is 739. The van der Waals surface area contributed by atoms with Gasteiger partial charge in [0.25, 0.3) is 5.91 Å². The van der Waals surface area contributed by atoms with Crippen LogP contribution in [0.5, 0.6) is 11.5 Å². The van der Waals surface area contributed by atoms with Gasteiger partial charge >= 0.3 is 0 Å². The summed E-state index contributed by atoms with van der Waals surface area (Å²) < 4.78 is 36.8. The van der Waals surface area contributed by atoms with Crippen molar-refractivity contribution in [3.63, 3.8) is 0 Å². The van der Waals surface area contributed by atoms with Crippen LogP contribution in [-0.4, -0.2) is 69.9 Å². The number of ether oxygens (including phenoxy) is 2. The number of benzene rings is 1. The summed E-state index contributed by atoms with van der Waals surface area (Å²) in [5, 5.41) is 10.6. The smallest absolute Gasteiger partial charge is 0.269 e. The average Bonchev–Trinajstić information content (AvgIpc) is 2.60. The van der Waals surface area contributed by atoms with Gasteiger partial charge in [-0.25, -0.2) is 8.42 Å². The molecule has 1 heterocycles. The minimum Gasteiger partial charge on any atom is -0.540 e. The van der Waals surface area contributed by atoms with E-state index in [1.54, 1.807) is 0 Å². The van der Waals surface area contributed by atoms with Gasteiger partial charge in [-0.15, -0.1) is 0 Å². The zero-order chi connectivity index (χ0) is 17.9. The number of aliphatic carboxylic acids is 1. The molecule has 0 aliphatic carbocycles. The molecule has 1 aromatic carbocycles. The summed E-state index contributed by atoms with van der Waals surface area (Å²) in [6.07, 6.45) is 0. The number of carbonyl (C=O) groups excluding carboxylic acids is 2. The molecule has 0 aromatic heterocycles. The lowest BCUT2D eigenvalue weighted by Crippen LogP contribution is -2.54. The van der Waals surface area contributed by atoms with Crippen molar-refractivity contribution in [1.29, 1.82) is 0 Å². The predicted molar refractivity (Wildman–Crippen MR) is 79.9 cm³/mol. The van der Waals surface area contributed by atoms with Gasteiger partial charge in [0, 0.05) is 32.2 Å². The number of carboxylic acids is 1. The number of nitrogens with zero attached hydrogens (tertiary/aromatic N) is 2. The van der Waals surface area contributed by atoms with E-state index >= 15 is 0 Å². The Kier molecular flexibility index (Phi) is 5.30. The fourth-order valence-electron chi connectivity index (χ4n) is 2.39. The first-order valence-corrected chi connectivity index (χ1v) is 8.47. The van der Waals surface area contributed by atoms with Crippen LogP contribution in [-0.2, 0) is 19.6 Å². The highest BCUT2D eigenvalue weighted by atomic mass is 32.2. The Balaban J connectivity index is 2.21. The van der Waals surface area contributed by atoms with Crippen LogP contribution in [0.25, 0.3) is 0 Å². The second-order valence-electron chi connectivity index (χ2n) is 5.00. The van der Waals surface area contributed by atoms with Crippen LogP contribution in [0.4, 0.5) is 0 Å². The van der Waals surface area contributed by atoms with E-state index < -0.39 is 21.9 Å². The molecule has 1 aromatic rings. The normalized spacial score (nSPS) is 15.8. The maximum atomic E-state index is 12.7. The first kappa shape index (κ1) is 18.0. The first-order chi connectivity index (χ1) is 11.3. The van der Waals surface area contributed by atoms with E-state index in [4.69, 9.17) is 9.47 Å². The number of methoxy groups -OCH3 is 2. The molecule has 0 radical (unpaired) electrons. The largest absolute Gasteiger partial charge is 0.540 e. The molecule has 1 aliphatic rings. The summed E-state index contributed by atoms with van der Waals surface area (Å²) in [7, 11) is -1.04. The van der Waals surface area contributed by atoms with Crippen LogP contribution in [0.3, 0.4) is 0 Å². The van der Waals surface area contributed by atoms with Gasteiger partial charge < -0.3 is 24.3 Å². The van der Waals surface area contributed by atoms with Crippen molar-refractivity contribution in [1.82, 2.24) is 9.21 Å². The third-order valence-corrected chi connectivity index (χ3v) is 5.63. The van der Waals surface area contributed by atoms with Gasteiger partial charge in [0.15, 0.2) is 0 Å². The summed E-state index contributed by atoms with van der Waals surface area (Å²) in [4.78, 5) is 23.0. The van der Waals surface area contributed by atoms with Gasteiger partial charge in [0.05, 0.1) is 14.2 Å². The topological polar surface area (TPSA) is 116 Å². The molecule has 24 heavy (non-hydrogen) atoms. The summed E-state index contributed by atoms with van der Waals surface area (Å²) in [6.45, 7) is -0.0812. The molecule has 2 rings (SSSR count). The molecule has 0 N–H and O–H groups in total. The van der Waals surface area contributed by atoms with Crippen molar-refractivity contribution < 1.29 is 32.6 Å². The molecule has 1 fully saturated rings. The van der Waals surface area contributed by atoms with E-state index in [9.17, 15) is 23.1 Å². The quantitative estimate of drug-likeness (QED) is 0.589. The fourth-order valence-corrected chi connectivity index (χ4v) is 3.95. The molecule has 0 saturated carbocycles. The molecule has 1 amide bonds. The third kappa shape index (κ3) is 3.44. The van der Waals surface area contributed by atoms with Crippen molar-refractivity contribution in [2.24, 2.45) is 0 Å². The van der Waals surface area contributed by atoms with Gasteiger partial charge in [0.2, 0.25) is 10.0 Å². The molecule has 1 aliphatic heterocycles. The summed E-state index contributed by atoms with van der Waals surface area (Å²) >= 11 is 0. The second-order valence-corrected chi connectivity index (χ2v) is 6.91. The number of amides is 1. The SMILES string of the molecule is COc1ccc(S(=O)(=O)N2CCN(C(=O)C(=O)[O-])CC2)c(OC)c1. The van der Waals surface area contributed by atoms with Crippen LogP contribution in [0, 0.1) is 0 Å². The molecule has 0 spiro atoms. The van der Waals surface area contributed by atoms with Gasteiger partial charge in [-0.3, -0.25) is 4.79 Å². The summed E-state index contributed by atoms with van der Waals surface area (Å²) in [5.74, 6) is -2.35. The van der Waals surface area contributed by atoms with E-state index in [1.807, 2.05) is 0 Å². The van der Waals surface area contributed by atoms with E-state index in [-0.39, 0.29) is 36.8 Å². The lowest BCUT2D eigenvalue weighted by Gasteiger charge is -2.34. The van der Waals surface area contributed by atoms with Crippen molar-refractivity contribution in [3.05, 3.63) is 18.2 Å². The number of rotatable bonds is 4. The number of piperazine rings is 1. The fraction of sp³-hybridized carbons (Fsp3) is 0.429. The molecule has 9 nitrogen and oxygen atoms in total. The zero-order valence-electron chi connectivity index (χ0n) is 13.2. The Morgan fingerprint density at radius 3 is 2.21 bits per heavy atom. The second kappa shape index (κ2) is 7.05. The van der Waals surface area contributed by atoms with Gasteiger partial charge in [-0.2, -0.15) is 4.31 Å². The number of carboxylic acid groups (broad SMARTS) is 1. The average molecular weight is 357 g/mol. The molecule has 0 unspecified atom stereocenters. The summed E-state index contributed by atoms with van der Waals surface area (Å²) in [6, 6.07) is 4.35. The van der Waals surface area contributed by atoms with E-state index in [0.29, 0.717) is 5.75 Å². The van der Waals surface area contributed by atoms with Crippen molar-refractivity contribution in [2.45, 2.75) is 4.90 Å². The van der Waals surface area contributed by atoms with Gasteiger partial charge in [-0.05, 0) is 12.1 Å². The van der Waals surface area contributed by atoms with Crippen molar-refractivity contribution >= 4 is 21.9 Å². The number of hydrogen-bond donors (Lipinski definition) is 0. The minimum absolute atomic E-state index is 0.0173. The maximum absolute atomic E-state index is 12.7. The third-order valence-electron chi connectivity index (χ3n) is 3.69. The van der Waals surface area contributed by atoms with Crippen LogP contribution >= 0.6 is 0 Å². The highest BCUT2D eigenvalue weighted by Gasteiger charge is 2.32. The van der Waals surface area contributed by atoms with Crippen LogP contribution in [0.15, 0.2) is 23.1 Å². The molecule has 0 bridgehead atoms. The van der Waals surface area contributed by atoms with Gasteiger partial charge in [-0.1, -0.05) is 0 Å². The standard InChI is InChI=1S/C14H18N2O7S/c1-22-10-3-4-12(11(9-10)23-2)24(20,21)16-7-5-15(6-8-16)13(17)14(18)19/h3-4,9H,5-8H2,1-2H3,(H,18,19)/p-1. The molecule has 0 atom stereocenters. The van der Waals surface area contributed by atoms with Crippen LogP contribution < -0.4 is 14.6 Å². The highest BCUT2D eigenvalue weighted by molar-refractivity contribution is 7.89.